The Balaban J connectivity index is 2.72. The molecular formula is C54H99NO8. The topological polar surface area (TPSA) is 101 Å². The lowest BCUT2D eigenvalue weighted by Crippen LogP contribution is -2.34. The van der Waals surface area contributed by atoms with Crippen LogP contribution in [0.2, 0.25) is 0 Å². The van der Waals surface area contributed by atoms with Crippen molar-refractivity contribution in [3.63, 3.8) is 0 Å². The van der Waals surface area contributed by atoms with Crippen LogP contribution in [0.5, 0.6) is 0 Å². The Morgan fingerprint density at radius 1 is 0.508 bits per heavy atom. The standard InChI is InChI=1S/C54H99NO8/c1-6-11-14-17-20-21-22-23-24-25-26-27-28-31-35-52(57)62-49-39-36-48(38-41-51(56)59-47-34-44-55(9-4)10-5)37-40-50(49)63-53(58)42-43-54(60-45-32-29-18-15-12-7-2)61-46-33-30-19-16-13-8-3/h17,20,22-23,48-50,54H,6-16,18-19,21,24-47H2,1-5H3/b20-17-,23-22-. The zero-order valence-electron chi connectivity index (χ0n) is 41.7. The second-order valence-corrected chi connectivity index (χ2v) is 18.1. The van der Waals surface area contributed by atoms with E-state index in [0.29, 0.717) is 51.9 Å². The second-order valence-electron chi connectivity index (χ2n) is 18.1. The second kappa shape index (κ2) is 43.7. The van der Waals surface area contributed by atoms with Crippen molar-refractivity contribution in [2.45, 2.75) is 259 Å². The lowest BCUT2D eigenvalue weighted by Gasteiger charge is -2.26. The smallest absolute Gasteiger partial charge is 0.306 e. The van der Waals surface area contributed by atoms with E-state index in [-0.39, 0.29) is 30.2 Å². The van der Waals surface area contributed by atoms with Gasteiger partial charge >= 0.3 is 17.9 Å². The maximum absolute atomic E-state index is 13.5. The van der Waals surface area contributed by atoms with Gasteiger partial charge in [0.25, 0.3) is 0 Å². The van der Waals surface area contributed by atoms with Crippen molar-refractivity contribution in [3.8, 4) is 0 Å². The van der Waals surface area contributed by atoms with E-state index in [1.807, 2.05) is 0 Å². The molecule has 9 nitrogen and oxygen atoms in total. The summed E-state index contributed by atoms with van der Waals surface area (Å²) in [6.45, 7) is 15.6. The number of hydrogen-bond donors (Lipinski definition) is 0. The first-order valence-electron chi connectivity index (χ1n) is 26.7. The number of unbranched alkanes of at least 4 members (excludes halogenated alkanes) is 17. The lowest BCUT2D eigenvalue weighted by atomic mass is 9.95. The van der Waals surface area contributed by atoms with Gasteiger partial charge in [0, 0.05) is 39.0 Å². The van der Waals surface area contributed by atoms with Crippen molar-refractivity contribution in [3.05, 3.63) is 24.3 Å². The van der Waals surface area contributed by atoms with Crippen LogP contribution in [0.4, 0.5) is 0 Å². The molecule has 0 aliphatic heterocycles. The fourth-order valence-corrected chi connectivity index (χ4v) is 8.27. The summed E-state index contributed by atoms with van der Waals surface area (Å²) < 4.78 is 30.3. The summed E-state index contributed by atoms with van der Waals surface area (Å²) in [5.74, 6) is -0.402. The fourth-order valence-electron chi connectivity index (χ4n) is 8.27. The van der Waals surface area contributed by atoms with Gasteiger partial charge in [-0.3, -0.25) is 14.4 Å². The predicted molar refractivity (Wildman–Crippen MR) is 261 cm³/mol. The Labute approximate surface area is 388 Å². The molecule has 3 unspecified atom stereocenters. The third-order valence-electron chi connectivity index (χ3n) is 12.5. The number of esters is 3. The Bertz CT molecular complexity index is 1110. The van der Waals surface area contributed by atoms with Gasteiger partial charge in [0.1, 0.15) is 12.2 Å². The molecule has 1 fully saturated rings. The molecule has 0 aromatic rings. The van der Waals surface area contributed by atoms with Crippen LogP contribution in [0.15, 0.2) is 24.3 Å². The minimum atomic E-state index is -0.509. The highest BCUT2D eigenvalue weighted by Crippen LogP contribution is 2.31. The minimum absolute atomic E-state index is 0.154. The van der Waals surface area contributed by atoms with Gasteiger partial charge in [0.15, 0.2) is 6.29 Å². The molecule has 1 rings (SSSR count). The monoisotopic (exact) mass is 890 g/mol. The molecule has 0 spiro atoms. The molecule has 63 heavy (non-hydrogen) atoms. The number of carbonyl (C=O) groups excluding carboxylic acids is 3. The van der Waals surface area contributed by atoms with Crippen molar-refractivity contribution in [1.82, 2.24) is 4.90 Å². The van der Waals surface area contributed by atoms with Crippen molar-refractivity contribution >= 4 is 17.9 Å². The molecule has 0 radical (unpaired) electrons. The molecule has 1 aliphatic rings. The van der Waals surface area contributed by atoms with E-state index in [2.05, 4.69) is 63.8 Å². The van der Waals surface area contributed by atoms with E-state index in [0.717, 1.165) is 110 Å². The van der Waals surface area contributed by atoms with Crippen LogP contribution in [0, 0.1) is 5.92 Å². The van der Waals surface area contributed by atoms with Gasteiger partial charge in [-0.25, -0.2) is 0 Å². The van der Waals surface area contributed by atoms with Crippen molar-refractivity contribution < 1.29 is 38.1 Å². The Morgan fingerprint density at radius 3 is 1.59 bits per heavy atom. The molecule has 0 aromatic carbocycles. The quantitative estimate of drug-likeness (QED) is 0.0148. The van der Waals surface area contributed by atoms with Gasteiger partial charge in [-0.15, -0.1) is 0 Å². The third kappa shape index (κ3) is 35.7. The summed E-state index contributed by atoms with van der Waals surface area (Å²) in [6, 6.07) is 0. The molecule has 0 bridgehead atoms. The van der Waals surface area contributed by atoms with E-state index >= 15 is 0 Å². The molecular weight excluding hydrogens is 791 g/mol. The van der Waals surface area contributed by atoms with E-state index in [9.17, 15) is 14.4 Å². The first-order valence-corrected chi connectivity index (χ1v) is 26.7. The lowest BCUT2D eigenvalue weighted by molar-refractivity contribution is -0.173. The maximum Gasteiger partial charge on any atom is 0.306 e. The van der Waals surface area contributed by atoms with Crippen LogP contribution in [-0.2, 0) is 38.1 Å². The summed E-state index contributed by atoms with van der Waals surface area (Å²) >= 11 is 0. The van der Waals surface area contributed by atoms with E-state index in [1.165, 1.54) is 77.0 Å². The summed E-state index contributed by atoms with van der Waals surface area (Å²) in [4.78, 5) is 41.7. The number of rotatable bonds is 43. The Kier molecular flexibility index (Phi) is 40.7. The first kappa shape index (κ1) is 58.8. The van der Waals surface area contributed by atoms with Crippen LogP contribution in [0.25, 0.3) is 0 Å². The molecule has 0 aromatic heterocycles. The van der Waals surface area contributed by atoms with Crippen molar-refractivity contribution in [2.24, 2.45) is 5.92 Å². The average Bonchev–Trinajstić information content (AvgIpc) is 3.47. The van der Waals surface area contributed by atoms with Gasteiger partial charge in [0.2, 0.25) is 0 Å². The number of carbonyl (C=O) groups is 3. The Hall–Kier alpha value is -2.23. The molecule has 368 valence electrons. The normalized spacial score (nSPS) is 17.0. The van der Waals surface area contributed by atoms with Crippen LogP contribution in [0.1, 0.15) is 240 Å². The molecule has 0 N–H and O–H groups in total. The van der Waals surface area contributed by atoms with Crippen LogP contribution in [-0.4, -0.2) is 80.8 Å². The average molecular weight is 890 g/mol. The zero-order chi connectivity index (χ0) is 45.9. The van der Waals surface area contributed by atoms with E-state index in [1.54, 1.807) is 0 Å². The number of allylic oxidation sites excluding steroid dienone is 4. The SMILES string of the molecule is CCCC/C=C\C/C=C\CCCCCCCC(=O)OC1CCC(CCC(=O)OCCCN(CC)CC)CCC1OC(=O)CCC(OCCCCCCCC)OCCCCCCCC. The molecule has 1 aliphatic carbocycles. The van der Waals surface area contributed by atoms with Gasteiger partial charge in [-0.2, -0.15) is 0 Å². The van der Waals surface area contributed by atoms with Crippen LogP contribution >= 0.6 is 0 Å². The molecule has 3 atom stereocenters. The highest BCUT2D eigenvalue weighted by molar-refractivity contribution is 5.71. The largest absolute Gasteiger partial charge is 0.466 e. The molecule has 0 saturated heterocycles. The summed E-state index contributed by atoms with van der Waals surface area (Å²) in [6.07, 6.45) is 38.7. The van der Waals surface area contributed by atoms with Crippen molar-refractivity contribution in [2.75, 3.05) is 39.5 Å². The zero-order valence-corrected chi connectivity index (χ0v) is 41.7. The third-order valence-corrected chi connectivity index (χ3v) is 12.5. The predicted octanol–water partition coefficient (Wildman–Crippen LogP) is 14.3. The molecule has 1 saturated carbocycles. The van der Waals surface area contributed by atoms with Gasteiger partial charge in [-0.05, 0) is 102 Å². The molecule has 0 amide bonds. The van der Waals surface area contributed by atoms with Crippen LogP contribution in [0.3, 0.4) is 0 Å². The highest BCUT2D eigenvalue weighted by Gasteiger charge is 2.33. The van der Waals surface area contributed by atoms with Crippen molar-refractivity contribution in [1.29, 1.82) is 0 Å². The summed E-state index contributed by atoms with van der Waals surface area (Å²) in [5, 5.41) is 0. The summed E-state index contributed by atoms with van der Waals surface area (Å²) in [5.41, 5.74) is 0. The summed E-state index contributed by atoms with van der Waals surface area (Å²) in [7, 11) is 0. The van der Waals surface area contributed by atoms with E-state index in [4.69, 9.17) is 23.7 Å². The van der Waals surface area contributed by atoms with Gasteiger partial charge < -0.3 is 28.6 Å². The fraction of sp³-hybridized carbons (Fsp3) is 0.870. The minimum Gasteiger partial charge on any atom is -0.466 e. The Morgan fingerprint density at radius 2 is 1.02 bits per heavy atom. The molecule has 9 heteroatoms. The van der Waals surface area contributed by atoms with Gasteiger partial charge in [0.05, 0.1) is 13.0 Å². The van der Waals surface area contributed by atoms with Crippen LogP contribution < -0.4 is 0 Å². The highest BCUT2D eigenvalue weighted by atomic mass is 16.7. The van der Waals surface area contributed by atoms with E-state index < -0.39 is 18.5 Å². The number of nitrogens with zero attached hydrogens (tertiary/aromatic N) is 1. The number of ether oxygens (including phenoxy) is 5. The van der Waals surface area contributed by atoms with Gasteiger partial charge in [-0.1, -0.05) is 155 Å². The number of hydrogen-bond acceptors (Lipinski definition) is 9. The first-order chi connectivity index (χ1) is 30.9. The molecule has 0 heterocycles. The maximum atomic E-state index is 13.5.